The predicted molar refractivity (Wildman–Crippen MR) is 127 cm³/mol. The van der Waals surface area contributed by atoms with Crippen molar-refractivity contribution in [3.05, 3.63) is 71.1 Å². The molecule has 0 unspecified atom stereocenters. The van der Waals surface area contributed by atoms with Crippen LogP contribution < -0.4 is 9.64 Å². The number of para-hydroxylation sites is 1. The number of nitrogens with zero attached hydrogens (tertiary/aromatic N) is 3. The van der Waals surface area contributed by atoms with Crippen molar-refractivity contribution in [1.29, 1.82) is 0 Å². The number of amidine groups is 1. The Morgan fingerprint density at radius 1 is 1.07 bits per heavy atom. The molecule has 0 aliphatic carbocycles. The molecule has 30 heavy (non-hydrogen) atoms. The third-order valence-corrected chi connectivity index (χ3v) is 7.04. The largest absolute Gasteiger partial charge is 0.494 e. The molecule has 2 aromatic carbocycles. The molecule has 5 nitrogen and oxygen atoms in total. The number of anilines is 1. The number of thioether (sulfide) groups is 2. The first kappa shape index (κ1) is 20.6. The van der Waals surface area contributed by atoms with Crippen LogP contribution >= 0.6 is 23.5 Å². The SMILES string of the molecule is C=CCN1C(=O)C(=C2Sc3ccccc3N2CC)SC1=Nc1ccc(OCC)cc1. The Kier molecular flexibility index (Phi) is 6.20. The van der Waals surface area contributed by atoms with Gasteiger partial charge in [-0.2, -0.15) is 0 Å². The molecule has 0 aromatic heterocycles. The van der Waals surface area contributed by atoms with Crippen molar-refractivity contribution < 1.29 is 9.53 Å². The number of amides is 1. The van der Waals surface area contributed by atoms with Gasteiger partial charge in [0, 0.05) is 18.0 Å². The fraction of sp³-hybridized carbons (Fsp3) is 0.217. The maximum absolute atomic E-state index is 13.3. The summed E-state index contributed by atoms with van der Waals surface area (Å²) >= 11 is 3.07. The van der Waals surface area contributed by atoms with Crippen molar-refractivity contribution in [3.8, 4) is 5.75 Å². The topological polar surface area (TPSA) is 45.1 Å². The highest BCUT2D eigenvalue weighted by Crippen LogP contribution is 2.50. The lowest BCUT2D eigenvalue weighted by Crippen LogP contribution is -2.30. The summed E-state index contributed by atoms with van der Waals surface area (Å²) < 4.78 is 5.50. The van der Waals surface area contributed by atoms with Crippen LogP contribution in [0, 0.1) is 0 Å². The summed E-state index contributed by atoms with van der Waals surface area (Å²) in [5.74, 6) is 0.777. The molecule has 2 aromatic rings. The van der Waals surface area contributed by atoms with Gasteiger partial charge in [0.1, 0.15) is 15.7 Å². The Bertz CT molecular complexity index is 1030. The minimum absolute atomic E-state index is 0.0293. The summed E-state index contributed by atoms with van der Waals surface area (Å²) in [7, 11) is 0. The van der Waals surface area contributed by atoms with Gasteiger partial charge in [-0.1, -0.05) is 30.0 Å². The molecule has 1 amide bonds. The summed E-state index contributed by atoms with van der Waals surface area (Å²) in [6.07, 6.45) is 1.73. The molecule has 7 heteroatoms. The maximum Gasteiger partial charge on any atom is 0.269 e. The zero-order chi connectivity index (χ0) is 21.1. The molecule has 2 aliphatic rings. The number of carbonyl (C=O) groups excluding carboxylic acids is 1. The Hall–Kier alpha value is -2.64. The smallest absolute Gasteiger partial charge is 0.269 e. The fourth-order valence-corrected chi connectivity index (χ4v) is 5.72. The number of aliphatic imine (C=N–C) groups is 1. The lowest BCUT2D eigenvalue weighted by molar-refractivity contribution is -0.121. The van der Waals surface area contributed by atoms with E-state index in [9.17, 15) is 4.79 Å². The molecular weight excluding hydrogens is 414 g/mol. The van der Waals surface area contributed by atoms with Crippen LogP contribution in [0.5, 0.6) is 5.75 Å². The average molecular weight is 438 g/mol. The lowest BCUT2D eigenvalue weighted by atomic mass is 10.3. The van der Waals surface area contributed by atoms with E-state index in [0.717, 1.165) is 28.7 Å². The van der Waals surface area contributed by atoms with Gasteiger partial charge in [0.25, 0.3) is 5.91 Å². The van der Waals surface area contributed by atoms with Gasteiger partial charge in [-0.15, -0.1) is 6.58 Å². The van der Waals surface area contributed by atoms with E-state index in [-0.39, 0.29) is 5.91 Å². The predicted octanol–water partition coefficient (Wildman–Crippen LogP) is 5.64. The van der Waals surface area contributed by atoms with Crippen molar-refractivity contribution in [2.75, 3.05) is 24.6 Å². The second kappa shape index (κ2) is 9.02. The number of carbonyl (C=O) groups is 1. The number of ether oxygens (including phenoxy) is 1. The Labute approximate surface area is 185 Å². The molecule has 0 saturated carbocycles. The van der Waals surface area contributed by atoms with Crippen LogP contribution in [0.15, 0.2) is 81.0 Å². The molecule has 0 N–H and O–H groups in total. The third-order valence-electron chi connectivity index (χ3n) is 4.67. The number of hydrogen-bond acceptors (Lipinski definition) is 6. The van der Waals surface area contributed by atoms with Gasteiger partial charge in [0.15, 0.2) is 5.17 Å². The second-order valence-corrected chi connectivity index (χ2v) is 8.58. The van der Waals surface area contributed by atoms with Gasteiger partial charge in [0.2, 0.25) is 0 Å². The fourth-order valence-electron chi connectivity index (χ4n) is 3.32. The molecule has 0 spiro atoms. The van der Waals surface area contributed by atoms with Gasteiger partial charge in [-0.25, -0.2) is 4.99 Å². The zero-order valence-electron chi connectivity index (χ0n) is 17.0. The van der Waals surface area contributed by atoms with Crippen LogP contribution in [0.3, 0.4) is 0 Å². The van der Waals surface area contributed by atoms with Crippen LogP contribution in [0.25, 0.3) is 0 Å². The summed E-state index contributed by atoms with van der Waals surface area (Å²) in [6, 6.07) is 15.8. The summed E-state index contributed by atoms with van der Waals surface area (Å²) in [6.45, 7) is 9.70. The molecule has 1 fully saturated rings. The van der Waals surface area contributed by atoms with Crippen LogP contribution in [0.1, 0.15) is 13.8 Å². The molecular formula is C23H23N3O2S2. The number of rotatable bonds is 6. The van der Waals surface area contributed by atoms with E-state index in [2.05, 4.69) is 30.5 Å². The van der Waals surface area contributed by atoms with Gasteiger partial charge in [-0.05, 0) is 62.0 Å². The molecule has 0 radical (unpaired) electrons. The third kappa shape index (κ3) is 3.87. The monoisotopic (exact) mass is 437 g/mol. The van der Waals surface area contributed by atoms with Crippen molar-refractivity contribution >= 4 is 46.0 Å². The lowest BCUT2D eigenvalue weighted by Gasteiger charge is -2.19. The van der Waals surface area contributed by atoms with E-state index >= 15 is 0 Å². The summed E-state index contributed by atoms with van der Waals surface area (Å²) in [4.78, 5) is 23.8. The molecule has 0 bridgehead atoms. The quantitative estimate of drug-likeness (QED) is 0.433. The normalized spacial score (nSPS) is 19.5. The van der Waals surface area contributed by atoms with Crippen LogP contribution in [-0.4, -0.2) is 35.7 Å². The van der Waals surface area contributed by atoms with Crippen molar-refractivity contribution in [2.45, 2.75) is 18.7 Å². The number of hydrogen-bond donors (Lipinski definition) is 0. The highest BCUT2D eigenvalue weighted by molar-refractivity contribution is 8.19. The van der Waals surface area contributed by atoms with Gasteiger partial charge < -0.3 is 9.64 Å². The second-order valence-electron chi connectivity index (χ2n) is 6.58. The van der Waals surface area contributed by atoms with Gasteiger partial charge in [-0.3, -0.25) is 9.69 Å². The van der Waals surface area contributed by atoms with Crippen molar-refractivity contribution in [2.24, 2.45) is 4.99 Å². The summed E-state index contributed by atoms with van der Waals surface area (Å²) in [5, 5.41) is 1.64. The molecule has 154 valence electrons. The van der Waals surface area contributed by atoms with E-state index in [0.29, 0.717) is 23.2 Å². The summed E-state index contributed by atoms with van der Waals surface area (Å²) in [5.41, 5.74) is 1.93. The Morgan fingerprint density at radius 2 is 1.83 bits per heavy atom. The van der Waals surface area contributed by atoms with E-state index in [4.69, 9.17) is 9.73 Å². The molecule has 4 rings (SSSR count). The first-order valence-corrected chi connectivity index (χ1v) is 11.5. The molecule has 2 aliphatic heterocycles. The standard InChI is InChI=1S/C23H23N3O2S2/c1-4-15-26-21(27)20(22-25(5-2)18-9-7-8-10-19(18)29-22)30-23(26)24-16-11-13-17(14-12-16)28-6-3/h4,7-14H,1,5-6,15H2,2-3H3. The first-order chi connectivity index (χ1) is 14.7. The van der Waals surface area contributed by atoms with Gasteiger partial charge >= 0.3 is 0 Å². The first-order valence-electron chi connectivity index (χ1n) is 9.87. The average Bonchev–Trinajstić information content (AvgIpc) is 3.28. The minimum atomic E-state index is -0.0293. The molecule has 0 atom stereocenters. The van der Waals surface area contributed by atoms with Crippen molar-refractivity contribution in [1.82, 2.24) is 4.90 Å². The van der Waals surface area contributed by atoms with Crippen LogP contribution in [-0.2, 0) is 4.79 Å². The number of fused-ring (bicyclic) bond motifs is 1. The zero-order valence-corrected chi connectivity index (χ0v) is 18.6. The Morgan fingerprint density at radius 3 is 2.53 bits per heavy atom. The van der Waals surface area contributed by atoms with E-state index in [1.807, 2.05) is 43.3 Å². The van der Waals surface area contributed by atoms with E-state index in [1.54, 1.807) is 22.7 Å². The van der Waals surface area contributed by atoms with Crippen molar-refractivity contribution in [3.63, 3.8) is 0 Å². The maximum atomic E-state index is 13.3. The molecule has 1 saturated heterocycles. The highest BCUT2D eigenvalue weighted by atomic mass is 32.2. The van der Waals surface area contributed by atoms with Crippen LogP contribution in [0.2, 0.25) is 0 Å². The number of benzene rings is 2. The van der Waals surface area contributed by atoms with Gasteiger partial charge in [0.05, 0.1) is 18.0 Å². The van der Waals surface area contributed by atoms with E-state index in [1.165, 1.54) is 16.7 Å². The molecule has 2 heterocycles. The Balaban J connectivity index is 1.70. The van der Waals surface area contributed by atoms with E-state index < -0.39 is 0 Å². The highest BCUT2D eigenvalue weighted by Gasteiger charge is 2.39. The van der Waals surface area contributed by atoms with Crippen LogP contribution in [0.4, 0.5) is 11.4 Å². The minimum Gasteiger partial charge on any atom is -0.494 e.